The van der Waals surface area contributed by atoms with Crippen molar-refractivity contribution in [2.75, 3.05) is 16.9 Å². The lowest BCUT2D eigenvalue weighted by Crippen LogP contribution is -2.37. The average molecular weight is 305 g/mol. The van der Waals surface area contributed by atoms with Crippen LogP contribution in [0.2, 0.25) is 0 Å². The van der Waals surface area contributed by atoms with E-state index in [1.807, 2.05) is 0 Å². The monoisotopic (exact) mass is 304 g/mol. The molecule has 0 aliphatic carbocycles. The molecule has 3 nitrogen and oxygen atoms in total. The minimum absolute atomic E-state index is 0.193. The standard InChI is InChI=1S/C10H10BrFN2OS/c11-6-1-2-7(12)8(3-6)14-10(15)9-4-16-5-13-9/h1-3,9,13H,4-5H2,(H,14,15). The van der Waals surface area contributed by atoms with E-state index in [-0.39, 0.29) is 17.6 Å². The molecule has 0 radical (unpaired) electrons. The predicted molar refractivity (Wildman–Crippen MR) is 67.0 cm³/mol. The fourth-order valence-corrected chi connectivity index (χ4v) is 2.68. The fourth-order valence-electron chi connectivity index (χ4n) is 1.38. The quantitative estimate of drug-likeness (QED) is 0.880. The summed E-state index contributed by atoms with van der Waals surface area (Å²) in [5.74, 6) is 0.866. The molecule has 1 amide bonds. The van der Waals surface area contributed by atoms with Gasteiger partial charge in [-0.05, 0) is 18.2 Å². The number of hydrogen-bond acceptors (Lipinski definition) is 3. The van der Waals surface area contributed by atoms with Crippen molar-refractivity contribution in [1.29, 1.82) is 0 Å². The van der Waals surface area contributed by atoms with Crippen molar-refractivity contribution < 1.29 is 9.18 Å². The van der Waals surface area contributed by atoms with Gasteiger partial charge in [-0.15, -0.1) is 11.8 Å². The van der Waals surface area contributed by atoms with Crippen LogP contribution in [0.4, 0.5) is 10.1 Å². The number of nitrogens with one attached hydrogen (secondary N) is 2. The topological polar surface area (TPSA) is 41.1 Å². The first-order valence-electron chi connectivity index (χ1n) is 4.74. The third-order valence-corrected chi connectivity index (χ3v) is 3.65. The lowest BCUT2D eigenvalue weighted by atomic mass is 10.2. The molecule has 0 aromatic heterocycles. The number of halogens is 2. The molecule has 0 bridgehead atoms. The van der Waals surface area contributed by atoms with Gasteiger partial charge in [0.2, 0.25) is 5.91 Å². The second kappa shape index (κ2) is 5.16. The van der Waals surface area contributed by atoms with Crippen LogP contribution in [0.25, 0.3) is 0 Å². The van der Waals surface area contributed by atoms with Crippen LogP contribution >= 0.6 is 27.7 Å². The van der Waals surface area contributed by atoms with Gasteiger partial charge in [0.25, 0.3) is 0 Å². The minimum Gasteiger partial charge on any atom is -0.322 e. The van der Waals surface area contributed by atoms with Gasteiger partial charge in [0.15, 0.2) is 0 Å². The number of thioether (sulfide) groups is 1. The molecule has 0 spiro atoms. The molecule has 1 aromatic rings. The summed E-state index contributed by atoms with van der Waals surface area (Å²) >= 11 is 4.89. The third kappa shape index (κ3) is 2.75. The summed E-state index contributed by atoms with van der Waals surface area (Å²) in [6.45, 7) is 0. The van der Waals surface area contributed by atoms with E-state index in [0.717, 1.165) is 16.1 Å². The molecule has 16 heavy (non-hydrogen) atoms. The van der Waals surface area contributed by atoms with Crippen molar-refractivity contribution in [2.45, 2.75) is 6.04 Å². The molecular weight excluding hydrogens is 295 g/mol. The van der Waals surface area contributed by atoms with E-state index >= 15 is 0 Å². The van der Waals surface area contributed by atoms with Crippen LogP contribution in [0.1, 0.15) is 0 Å². The van der Waals surface area contributed by atoms with Crippen LogP contribution in [0.5, 0.6) is 0 Å². The number of hydrogen-bond donors (Lipinski definition) is 2. The summed E-state index contributed by atoms with van der Waals surface area (Å²) in [7, 11) is 0. The molecular formula is C10H10BrFN2OS. The van der Waals surface area contributed by atoms with E-state index in [1.165, 1.54) is 6.07 Å². The Morgan fingerprint density at radius 2 is 2.44 bits per heavy atom. The Hall–Kier alpha value is -0.590. The van der Waals surface area contributed by atoms with Crippen LogP contribution < -0.4 is 10.6 Å². The predicted octanol–water partition coefficient (Wildman–Crippen LogP) is 2.19. The van der Waals surface area contributed by atoms with Gasteiger partial charge >= 0.3 is 0 Å². The summed E-state index contributed by atoms with van der Waals surface area (Å²) in [5.41, 5.74) is 0.207. The van der Waals surface area contributed by atoms with Gasteiger partial charge < -0.3 is 5.32 Å². The van der Waals surface area contributed by atoms with Gasteiger partial charge in [0, 0.05) is 16.1 Å². The third-order valence-electron chi connectivity index (χ3n) is 2.22. The number of carbonyl (C=O) groups excluding carboxylic acids is 1. The molecule has 1 unspecified atom stereocenters. The summed E-state index contributed by atoms with van der Waals surface area (Å²) in [6, 6.07) is 4.23. The number of amides is 1. The van der Waals surface area contributed by atoms with Crippen LogP contribution in [0, 0.1) is 5.82 Å². The Labute approximate surface area is 105 Å². The van der Waals surface area contributed by atoms with Crippen molar-refractivity contribution >= 4 is 39.3 Å². The van der Waals surface area contributed by atoms with Gasteiger partial charge in [-0.25, -0.2) is 4.39 Å². The second-order valence-corrected chi connectivity index (χ2v) is 5.33. The second-order valence-electron chi connectivity index (χ2n) is 3.39. The zero-order valence-electron chi connectivity index (χ0n) is 8.30. The Kier molecular flexibility index (Phi) is 3.83. The van der Waals surface area contributed by atoms with E-state index in [2.05, 4.69) is 26.6 Å². The maximum atomic E-state index is 13.4. The summed E-state index contributed by atoms with van der Waals surface area (Å²) in [5, 5.41) is 5.60. The highest BCUT2D eigenvalue weighted by molar-refractivity contribution is 9.10. The van der Waals surface area contributed by atoms with E-state index in [4.69, 9.17) is 0 Å². The maximum Gasteiger partial charge on any atom is 0.242 e. The average Bonchev–Trinajstić information content (AvgIpc) is 2.76. The summed E-state index contributed by atoms with van der Waals surface area (Å²) < 4.78 is 14.1. The largest absolute Gasteiger partial charge is 0.322 e. The van der Waals surface area contributed by atoms with Gasteiger partial charge in [0.1, 0.15) is 5.82 Å². The Balaban J connectivity index is 2.07. The van der Waals surface area contributed by atoms with Crippen LogP contribution in [-0.4, -0.2) is 23.6 Å². The first-order chi connectivity index (χ1) is 7.66. The molecule has 1 aromatic carbocycles. The van der Waals surface area contributed by atoms with Gasteiger partial charge in [-0.2, -0.15) is 0 Å². The van der Waals surface area contributed by atoms with Crippen LogP contribution in [0.3, 0.4) is 0 Å². The lowest BCUT2D eigenvalue weighted by Gasteiger charge is -2.11. The van der Waals surface area contributed by atoms with Crippen LogP contribution in [0.15, 0.2) is 22.7 Å². The van der Waals surface area contributed by atoms with Crippen molar-refractivity contribution in [3.63, 3.8) is 0 Å². The number of rotatable bonds is 2. The molecule has 1 heterocycles. The smallest absolute Gasteiger partial charge is 0.242 e. The molecule has 2 rings (SSSR count). The molecule has 2 N–H and O–H groups in total. The summed E-state index contributed by atoms with van der Waals surface area (Å²) in [6.07, 6.45) is 0. The highest BCUT2D eigenvalue weighted by atomic mass is 79.9. The Bertz CT molecular complexity index is 410. The zero-order chi connectivity index (χ0) is 11.5. The molecule has 1 fully saturated rings. The first kappa shape index (κ1) is 11.9. The molecule has 0 saturated carbocycles. The minimum atomic E-state index is -0.429. The van der Waals surface area contributed by atoms with E-state index in [1.54, 1.807) is 23.9 Å². The molecule has 1 saturated heterocycles. The normalized spacial score (nSPS) is 19.8. The lowest BCUT2D eigenvalue weighted by molar-refractivity contribution is -0.117. The van der Waals surface area contributed by atoms with E-state index < -0.39 is 5.82 Å². The van der Waals surface area contributed by atoms with Crippen molar-refractivity contribution in [3.05, 3.63) is 28.5 Å². The van der Waals surface area contributed by atoms with Crippen molar-refractivity contribution in [1.82, 2.24) is 5.32 Å². The number of benzene rings is 1. The first-order valence-corrected chi connectivity index (χ1v) is 6.68. The highest BCUT2D eigenvalue weighted by Crippen LogP contribution is 2.21. The van der Waals surface area contributed by atoms with Gasteiger partial charge in [0.05, 0.1) is 11.7 Å². The fraction of sp³-hybridized carbons (Fsp3) is 0.300. The van der Waals surface area contributed by atoms with Gasteiger partial charge in [-0.1, -0.05) is 15.9 Å². The SMILES string of the molecule is O=C(Nc1cc(Br)ccc1F)C1CSCN1. The number of anilines is 1. The molecule has 1 aliphatic rings. The molecule has 6 heteroatoms. The Morgan fingerprint density at radius 1 is 1.62 bits per heavy atom. The van der Waals surface area contributed by atoms with E-state index in [9.17, 15) is 9.18 Å². The maximum absolute atomic E-state index is 13.4. The van der Waals surface area contributed by atoms with Crippen LogP contribution in [-0.2, 0) is 4.79 Å². The highest BCUT2D eigenvalue weighted by Gasteiger charge is 2.23. The molecule has 1 aliphatic heterocycles. The summed E-state index contributed by atoms with van der Waals surface area (Å²) in [4.78, 5) is 11.7. The zero-order valence-corrected chi connectivity index (χ0v) is 10.7. The number of carbonyl (C=O) groups is 1. The Morgan fingerprint density at radius 3 is 3.12 bits per heavy atom. The van der Waals surface area contributed by atoms with Crippen molar-refractivity contribution in [3.8, 4) is 0 Å². The van der Waals surface area contributed by atoms with E-state index in [0.29, 0.717) is 0 Å². The molecule has 86 valence electrons. The van der Waals surface area contributed by atoms with Crippen molar-refractivity contribution in [2.24, 2.45) is 0 Å². The molecule has 1 atom stereocenters. The van der Waals surface area contributed by atoms with Gasteiger partial charge in [-0.3, -0.25) is 10.1 Å².